The van der Waals surface area contributed by atoms with E-state index in [1.807, 2.05) is 25.2 Å². The second kappa shape index (κ2) is 11.2. The Morgan fingerprint density at radius 3 is 2.66 bits per heavy atom. The van der Waals surface area contributed by atoms with E-state index in [0.29, 0.717) is 36.3 Å². The molecular formula is C30H39F3N6O2. The number of halogens is 3. The molecule has 4 heterocycles. The van der Waals surface area contributed by atoms with Crippen LogP contribution in [0.4, 0.5) is 13.2 Å². The molecule has 1 aromatic carbocycles. The molecule has 0 bridgehead atoms. The minimum Gasteiger partial charge on any atom is -0.396 e. The molecule has 2 aromatic heterocycles. The van der Waals surface area contributed by atoms with E-state index >= 15 is 0 Å². The molecular weight excluding hydrogens is 533 g/mol. The van der Waals surface area contributed by atoms with E-state index in [1.165, 1.54) is 16.8 Å². The van der Waals surface area contributed by atoms with Gasteiger partial charge in [0.25, 0.3) is 0 Å². The number of likely N-dealkylation sites (N-methyl/N-ethyl adjacent to an activating group) is 1. The summed E-state index contributed by atoms with van der Waals surface area (Å²) in [5.41, 5.74) is 7.12. The van der Waals surface area contributed by atoms with Crippen LogP contribution in [0.15, 0.2) is 47.5 Å². The summed E-state index contributed by atoms with van der Waals surface area (Å²) in [7, 11) is 2.03. The molecule has 11 heteroatoms. The number of hydrogen-bond donors (Lipinski definition) is 3. The molecule has 0 radical (unpaired) electrons. The normalized spacial score (nSPS) is 26.9. The number of benzene rings is 1. The summed E-state index contributed by atoms with van der Waals surface area (Å²) in [5, 5.41) is 9.61. The van der Waals surface area contributed by atoms with E-state index in [0.717, 1.165) is 48.7 Å². The number of hydrogen-bond acceptors (Lipinski definition) is 6. The zero-order valence-electron chi connectivity index (χ0n) is 23.6. The Labute approximate surface area is 237 Å². The van der Waals surface area contributed by atoms with Crippen molar-refractivity contribution in [3.63, 3.8) is 0 Å². The van der Waals surface area contributed by atoms with Gasteiger partial charge in [-0.25, -0.2) is 15.6 Å². The highest BCUT2D eigenvalue weighted by molar-refractivity contribution is 5.58. The maximum absolute atomic E-state index is 14.3. The number of aliphatic hydroxyl groups is 1. The van der Waals surface area contributed by atoms with E-state index in [2.05, 4.69) is 27.6 Å². The number of pyridine rings is 1. The fourth-order valence-corrected chi connectivity index (χ4v) is 7.10. The van der Waals surface area contributed by atoms with Crippen molar-refractivity contribution in [1.29, 1.82) is 0 Å². The van der Waals surface area contributed by atoms with Gasteiger partial charge in [-0.05, 0) is 86.4 Å². The van der Waals surface area contributed by atoms with Gasteiger partial charge in [0.2, 0.25) is 0 Å². The zero-order chi connectivity index (χ0) is 28.9. The predicted molar refractivity (Wildman–Crippen MR) is 150 cm³/mol. The van der Waals surface area contributed by atoms with Crippen molar-refractivity contribution in [3.05, 3.63) is 69.9 Å². The van der Waals surface area contributed by atoms with Crippen molar-refractivity contribution in [2.75, 3.05) is 33.4 Å². The van der Waals surface area contributed by atoms with E-state index in [9.17, 15) is 23.1 Å². The molecule has 2 aliphatic heterocycles. The highest BCUT2D eigenvalue weighted by Gasteiger charge is 2.42. The summed E-state index contributed by atoms with van der Waals surface area (Å²) in [6.45, 7) is 5.07. The number of hydrazine groups is 1. The summed E-state index contributed by atoms with van der Waals surface area (Å²) in [6, 6.07) is 8.78. The molecule has 8 nitrogen and oxygen atoms in total. The van der Waals surface area contributed by atoms with Crippen molar-refractivity contribution in [1.82, 2.24) is 29.6 Å². The standard InChI is InChI=1S/C30H39F3N6O2/c1-19-5-4-8-37(13-19)14-21-11-25(30(31,32)33)26-16-38(29(41)39(26)15-21)24-7-3-6-22(12-24)27(23-9-20(10-23)17-40)28-35-34-18-36(28)2/h3,6-7,11-12,15-16,19-20,23,27-28,34-35,40H,4-5,8-10,13-14,17-18H2,1-2H3/t19-,20-,23+,27-,28?/m0/s1. The van der Waals surface area contributed by atoms with Crippen LogP contribution in [0.5, 0.6) is 0 Å². The Bertz CT molecular complexity index is 1450. The number of aromatic nitrogens is 2. The van der Waals surface area contributed by atoms with Gasteiger partial charge >= 0.3 is 11.9 Å². The van der Waals surface area contributed by atoms with Gasteiger partial charge in [-0.2, -0.15) is 13.2 Å². The molecule has 3 aliphatic rings. The SMILES string of the molecule is C[C@H]1CCCN(Cc2cc(C(F)(F)F)c3cn(-c4cccc([C@H](C5NNCN5C)[C@H]5C[C@@H](CO)C5)c4)c(=O)n3c2)C1. The largest absolute Gasteiger partial charge is 0.418 e. The third kappa shape index (κ3) is 5.58. The second-order valence-electron chi connectivity index (χ2n) is 12.4. The molecule has 2 saturated heterocycles. The molecule has 1 aliphatic carbocycles. The van der Waals surface area contributed by atoms with E-state index in [4.69, 9.17) is 0 Å². The van der Waals surface area contributed by atoms with Gasteiger partial charge in [-0.15, -0.1) is 0 Å². The Kier molecular flexibility index (Phi) is 7.75. The maximum Gasteiger partial charge on any atom is 0.418 e. The third-order valence-corrected chi connectivity index (χ3v) is 9.24. The molecule has 0 amide bonds. The fraction of sp³-hybridized carbons (Fsp3) is 0.567. The molecule has 3 aromatic rings. The zero-order valence-corrected chi connectivity index (χ0v) is 23.6. The first kappa shape index (κ1) is 28.4. The lowest BCUT2D eigenvalue weighted by atomic mass is 9.66. The average molecular weight is 573 g/mol. The molecule has 1 unspecified atom stereocenters. The van der Waals surface area contributed by atoms with Gasteiger partial charge in [-0.1, -0.05) is 19.1 Å². The Hall–Kier alpha value is -2.70. The van der Waals surface area contributed by atoms with Crippen LogP contribution in [0, 0.1) is 17.8 Å². The minimum atomic E-state index is -4.60. The number of likely N-dealkylation sites (tertiary alicyclic amines) is 1. The monoisotopic (exact) mass is 572 g/mol. The van der Waals surface area contributed by atoms with Crippen LogP contribution in [0.2, 0.25) is 0 Å². The number of nitrogens with zero attached hydrogens (tertiary/aromatic N) is 4. The number of fused-ring (bicyclic) bond motifs is 1. The lowest BCUT2D eigenvalue weighted by Gasteiger charge is -2.43. The van der Waals surface area contributed by atoms with Crippen molar-refractivity contribution in [3.8, 4) is 5.69 Å². The topological polar surface area (TPSA) is 77.2 Å². The number of alkyl halides is 3. The van der Waals surface area contributed by atoms with Crippen LogP contribution < -0.4 is 16.5 Å². The highest BCUT2D eigenvalue weighted by atomic mass is 19.4. The van der Waals surface area contributed by atoms with Crippen molar-refractivity contribution < 1.29 is 18.3 Å². The first-order valence-corrected chi connectivity index (χ1v) is 14.6. The molecule has 41 heavy (non-hydrogen) atoms. The van der Waals surface area contributed by atoms with Gasteiger partial charge < -0.3 is 5.11 Å². The predicted octanol–water partition coefficient (Wildman–Crippen LogP) is 3.77. The first-order valence-electron chi connectivity index (χ1n) is 14.6. The van der Waals surface area contributed by atoms with Crippen LogP contribution in [-0.4, -0.2) is 63.5 Å². The van der Waals surface area contributed by atoms with Gasteiger partial charge in [-0.3, -0.25) is 18.8 Å². The summed E-state index contributed by atoms with van der Waals surface area (Å²) in [5.74, 6) is 1.20. The molecule has 1 saturated carbocycles. The number of nitrogens with one attached hydrogen (secondary N) is 2. The maximum atomic E-state index is 14.3. The Balaban J connectivity index is 1.38. The van der Waals surface area contributed by atoms with Crippen LogP contribution >= 0.6 is 0 Å². The minimum absolute atomic E-state index is 0.0108. The third-order valence-electron chi connectivity index (χ3n) is 9.24. The van der Waals surface area contributed by atoms with Crippen LogP contribution in [0.1, 0.15) is 55.2 Å². The summed E-state index contributed by atoms with van der Waals surface area (Å²) < 4.78 is 45.3. The van der Waals surface area contributed by atoms with Gasteiger partial charge in [0.05, 0.1) is 29.6 Å². The molecule has 3 N–H and O–H groups in total. The van der Waals surface area contributed by atoms with E-state index in [1.54, 1.807) is 12.3 Å². The lowest BCUT2D eigenvalue weighted by molar-refractivity contribution is -0.136. The lowest BCUT2D eigenvalue weighted by Crippen LogP contribution is -2.46. The van der Waals surface area contributed by atoms with E-state index < -0.39 is 17.4 Å². The second-order valence-corrected chi connectivity index (χ2v) is 12.4. The van der Waals surface area contributed by atoms with Gasteiger partial charge in [0.15, 0.2) is 0 Å². The van der Waals surface area contributed by atoms with Gasteiger partial charge in [0, 0.05) is 38.0 Å². The average Bonchev–Trinajstić information content (AvgIpc) is 3.47. The molecule has 222 valence electrons. The quantitative estimate of drug-likeness (QED) is 0.400. The Morgan fingerprint density at radius 2 is 1.98 bits per heavy atom. The van der Waals surface area contributed by atoms with Crippen LogP contribution in [0.3, 0.4) is 0 Å². The number of rotatable bonds is 7. The highest BCUT2D eigenvalue weighted by Crippen LogP contribution is 2.46. The number of aliphatic hydroxyl groups excluding tert-OH is 1. The number of piperidine rings is 1. The summed E-state index contributed by atoms with van der Waals surface area (Å²) in [6.07, 6.45) is 2.26. The van der Waals surface area contributed by atoms with Gasteiger partial charge in [0.1, 0.15) is 0 Å². The number of imidazole rings is 1. The van der Waals surface area contributed by atoms with Crippen molar-refractivity contribution in [2.45, 2.75) is 57.4 Å². The fourth-order valence-electron chi connectivity index (χ4n) is 7.10. The summed E-state index contributed by atoms with van der Waals surface area (Å²) in [4.78, 5) is 18.0. The van der Waals surface area contributed by atoms with Crippen molar-refractivity contribution >= 4 is 5.52 Å². The smallest absolute Gasteiger partial charge is 0.396 e. The molecule has 3 atom stereocenters. The summed E-state index contributed by atoms with van der Waals surface area (Å²) >= 11 is 0. The van der Waals surface area contributed by atoms with Crippen LogP contribution in [0.25, 0.3) is 11.2 Å². The first-order chi connectivity index (χ1) is 19.6. The molecule has 0 spiro atoms. The van der Waals surface area contributed by atoms with Crippen LogP contribution in [-0.2, 0) is 12.7 Å². The molecule has 3 fully saturated rings. The van der Waals surface area contributed by atoms with E-state index in [-0.39, 0.29) is 30.1 Å². The van der Waals surface area contributed by atoms with Crippen molar-refractivity contribution in [2.24, 2.45) is 17.8 Å². The Morgan fingerprint density at radius 1 is 1.17 bits per heavy atom. The molecule has 6 rings (SSSR count).